The average Bonchev–Trinajstić information content (AvgIpc) is 2.81. The molecule has 16 heavy (non-hydrogen) atoms. The molecule has 2 N–H and O–H groups in total. The molecule has 2 heterocycles. The summed E-state index contributed by atoms with van der Waals surface area (Å²) in [6.45, 7) is 1.95. The van der Waals surface area contributed by atoms with Crippen LogP contribution in [0.15, 0.2) is 0 Å². The molecule has 0 aromatic heterocycles. The SMILES string of the molecule is O=C(CC1CCCN1)NCC1CCCCS1. The van der Waals surface area contributed by atoms with Crippen molar-refractivity contribution in [1.82, 2.24) is 10.6 Å². The number of carbonyl (C=O) groups excluding carboxylic acids is 1. The van der Waals surface area contributed by atoms with Gasteiger partial charge in [-0.2, -0.15) is 11.8 Å². The minimum atomic E-state index is 0.227. The largest absolute Gasteiger partial charge is 0.355 e. The number of amides is 1. The highest BCUT2D eigenvalue weighted by atomic mass is 32.2. The van der Waals surface area contributed by atoms with Gasteiger partial charge in [-0.25, -0.2) is 0 Å². The molecule has 2 atom stereocenters. The summed E-state index contributed by atoms with van der Waals surface area (Å²) < 4.78 is 0. The number of hydrogen-bond donors (Lipinski definition) is 2. The minimum Gasteiger partial charge on any atom is -0.355 e. The second kappa shape index (κ2) is 6.50. The van der Waals surface area contributed by atoms with Gasteiger partial charge in [0.2, 0.25) is 5.91 Å². The number of rotatable bonds is 4. The Labute approximate surface area is 102 Å². The highest BCUT2D eigenvalue weighted by molar-refractivity contribution is 7.99. The molecule has 0 aromatic rings. The Kier molecular flexibility index (Phi) is 4.97. The molecule has 2 saturated heterocycles. The van der Waals surface area contributed by atoms with E-state index < -0.39 is 0 Å². The highest BCUT2D eigenvalue weighted by Gasteiger charge is 2.19. The molecule has 2 fully saturated rings. The van der Waals surface area contributed by atoms with Crippen LogP contribution in [0.5, 0.6) is 0 Å². The molecule has 1 amide bonds. The first kappa shape index (κ1) is 12.2. The second-order valence-electron chi connectivity index (χ2n) is 4.79. The van der Waals surface area contributed by atoms with Crippen LogP contribution in [0.1, 0.15) is 38.5 Å². The first-order valence-electron chi connectivity index (χ1n) is 6.46. The van der Waals surface area contributed by atoms with Crippen molar-refractivity contribution in [2.75, 3.05) is 18.8 Å². The van der Waals surface area contributed by atoms with Gasteiger partial charge in [-0.05, 0) is 38.0 Å². The Bertz CT molecular complexity index is 223. The van der Waals surface area contributed by atoms with Crippen molar-refractivity contribution in [2.45, 2.75) is 49.8 Å². The lowest BCUT2D eigenvalue weighted by Gasteiger charge is -2.21. The maximum Gasteiger partial charge on any atom is 0.221 e. The molecule has 2 unspecified atom stereocenters. The molecule has 0 aromatic carbocycles. The fraction of sp³-hybridized carbons (Fsp3) is 0.917. The molecule has 2 rings (SSSR count). The molecule has 0 bridgehead atoms. The van der Waals surface area contributed by atoms with Gasteiger partial charge in [-0.3, -0.25) is 4.79 Å². The van der Waals surface area contributed by atoms with E-state index in [0.29, 0.717) is 17.7 Å². The van der Waals surface area contributed by atoms with Crippen LogP contribution in [0.3, 0.4) is 0 Å². The van der Waals surface area contributed by atoms with Crippen LogP contribution >= 0.6 is 11.8 Å². The summed E-state index contributed by atoms with van der Waals surface area (Å²) in [6.07, 6.45) is 6.99. The molecule has 92 valence electrons. The average molecular weight is 242 g/mol. The Balaban J connectivity index is 1.59. The molecule has 0 aliphatic carbocycles. The molecular weight excluding hydrogens is 220 g/mol. The first-order chi connectivity index (χ1) is 7.84. The predicted octanol–water partition coefficient (Wildman–Crippen LogP) is 1.53. The maximum absolute atomic E-state index is 11.7. The molecule has 3 nitrogen and oxygen atoms in total. The van der Waals surface area contributed by atoms with E-state index in [1.54, 1.807) is 0 Å². The number of nitrogens with one attached hydrogen (secondary N) is 2. The smallest absolute Gasteiger partial charge is 0.221 e. The van der Waals surface area contributed by atoms with Crippen molar-refractivity contribution in [3.05, 3.63) is 0 Å². The zero-order valence-electron chi connectivity index (χ0n) is 9.84. The van der Waals surface area contributed by atoms with Crippen molar-refractivity contribution in [3.63, 3.8) is 0 Å². The third kappa shape index (κ3) is 3.98. The van der Waals surface area contributed by atoms with Gasteiger partial charge < -0.3 is 10.6 Å². The van der Waals surface area contributed by atoms with E-state index in [2.05, 4.69) is 10.6 Å². The summed E-state index contributed by atoms with van der Waals surface area (Å²) in [5.74, 6) is 1.50. The Morgan fingerprint density at radius 3 is 2.94 bits per heavy atom. The second-order valence-corrected chi connectivity index (χ2v) is 6.20. The van der Waals surface area contributed by atoms with Crippen LogP contribution in [0.2, 0.25) is 0 Å². The van der Waals surface area contributed by atoms with Crippen LogP contribution in [0, 0.1) is 0 Å². The molecule has 0 spiro atoms. The van der Waals surface area contributed by atoms with Gasteiger partial charge in [0, 0.05) is 24.3 Å². The Hall–Kier alpha value is -0.220. The molecular formula is C12H22N2OS. The maximum atomic E-state index is 11.7. The molecule has 0 radical (unpaired) electrons. The third-order valence-electron chi connectivity index (χ3n) is 3.40. The quantitative estimate of drug-likeness (QED) is 0.785. The topological polar surface area (TPSA) is 41.1 Å². The van der Waals surface area contributed by atoms with Gasteiger partial charge in [-0.1, -0.05) is 6.42 Å². The fourth-order valence-electron chi connectivity index (χ4n) is 2.42. The normalized spacial score (nSPS) is 30.2. The Morgan fingerprint density at radius 2 is 2.25 bits per heavy atom. The molecule has 4 heteroatoms. The van der Waals surface area contributed by atoms with Crippen molar-refractivity contribution >= 4 is 17.7 Å². The lowest BCUT2D eigenvalue weighted by Crippen LogP contribution is -2.35. The van der Waals surface area contributed by atoms with Crippen molar-refractivity contribution in [2.24, 2.45) is 0 Å². The van der Waals surface area contributed by atoms with Gasteiger partial charge in [0.05, 0.1) is 0 Å². The van der Waals surface area contributed by atoms with Crippen molar-refractivity contribution in [1.29, 1.82) is 0 Å². The first-order valence-corrected chi connectivity index (χ1v) is 7.51. The summed E-state index contributed by atoms with van der Waals surface area (Å²) >= 11 is 2.02. The monoisotopic (exact) mass is 242 g/mol. The van der Waals surface area contributed by atoms with Crippen molar-refractivity contribution < 1.29 is 4.79 Å². The summed E-state index contributed by atoms with van der Waals surface area (Å²) in [6, 6.07) is 0.430. The van der Waals surface area contributed by atoms with E-state index in [-0.39, 0.29) is 5.91 Å². The minimum absolute atomic E-state index is 0.227. The fourth-order valence-corrected chi connectivity index (χ4v) is 3.66. The van der Waals surface area contributed by atoms with E-state index in [9.17, 15) is 4.79 Å². The van der Waals surface area contributed by atoms with E-state index in [1.165, 1.54) is 31.4 Å². The van der Waals surface area contributed by atoms with Crippen LogP contribution < -0.4 is 10.6 Å². The van der Waals surface area contributed by atoms with E-state index in [1.807, 2.05) is 11.8 Å². The molecule has 0 saturated carbocycles. The predicted molar refractivity (Wildman–Crippen MR) is 68.7 cm³/mol. The molecule has 2 aliphatic heterocycles. The standard InChI is InChI=1S/C12H22N2OS/c15-12(8-10-4-3-6-13-10)14-9-11-5-1-2-7-16-11/h10-11,13H,1-9H2,(H,14,15). The van der Waals surface area contributed by atoms with Crippen LogP contribution in [-0.2, 0) is 4.79 Å². The summed E-state index contributed by atoms with van der Waals surface area (Å²) in [4.78, 5) is 11.7. The Morgan fingerprint density at radius 1 is 1.31 bits per heavy atom. The number of hydrogen-bond acceptors (Lipinski definition) is 3. The zero-order valence-corrected chi connectivity index (χ0v) is 10.7. The van der Waals surface area contributed by atoms with E-state index in [0.717, 1.165) is 19.5 Å². The summed E-state index contributed by atoms with van der Waals surface area (Å²) in [5.41, 5.74) is 0. The van der Waals surface area contributed by atoms with Gasteiger partial charge in [0.25, 0.3) is 0 Å². The van der Waals surface area contributed by atoms with Crippen LogP contribution in [0.25, 0.3) is 0 Å². The van der Waals surface area contributed by atoms with Crippen LogP contribution in [0.4, 0.5) is 0 Å². The van der Waals surface area contributed by atoms with Crippen LogP contribution in [-0.4, -0.2) is 36.0 Å². The van der Waals surface area contributed by atoms with E-state index >= 15 is 0 Å². The van der Waals surface area contributed by atoms with Crippen molar-refractivity contribution in [3.8, 4) is 0 Å². The van der Waals surface area contributed by atoms with Gasteiger partial charge in [0.15, 0.2) is 0 Å². The van der Waals surface area contributed by atoms with Gasteiger partial charge >= 0.3 is 0 Å². The highest BCUT2D eigenvalue weighted by Crippen LogP contribution is 2.24. The number of carbonyl (C=O) groups is 1. The van der Waals surface area contributed by atoms with E-state index in [4.69, 9.17) is 0 Å². The lowest BCUT2D eigenvalue weighted by atomic mass is 10.1. The summed E-state index contributed by atoms with van der Waals surface area (Å²) in [5, 5.41) is 7.10. The molecule has 2 aliphatic rings. The number of thioether (sulfide) groups is 1. The van der Waals surface area contributed by atoms with Gasteiger partial charge in [-0.15, -0.1) is 0 Å². The zero-order chi connectivity index (χ0) is 11.2. The lowest BCUT2D eigenvalue weighted by molar-refractivity contribution is -0.121. The third-order valence-corrected chi connectivity index (χ3v) is 4.79. The van der Waals surface area contributed by atoms with Gasteiger partial charge in [0.1, 0.15) is 0 Å². The summed E-state index contributed by atoms with van der Waals surface area (Å²) in [7, 11) is 0.